The van der Waals surface area contributed by atoms with Gasteiger partial charge in [-0.25, -0.2) is 18.4 Å². The summed E-state index contributed by atoms with van der Waals surface area (Å²) in [5, 5.41) is 3.26. The highest BCUT2D eigenvalue weighted by Gasteiger charge is 2.10. The first-order chi connectivity index (χ1) is 10.3. The first-order valence-electron chi connectivity index (χ1n) is 7.17. The van der Waals surface area contributed by atoms with Gasteiger partial charge in [-0.15, -0.1) is 0 Å². The summed E-state index contributed by atoms with van der Waals surface area (Å²) in [5.74, 6) is 1.53. The first kappa shape index (κ1) is 16.4. The maximum absolute atomic E-state index is 11.6. The molecular formula is C16H21N3O2S. The molecule has 1 N–H and O–H groups in total. The largest absolute Gasteiger partial charge is 0.366 e. The summed E-state index contributed by atoms with van der Waals surface area (Å²) in [7, 11) is -3.17. The predicted molar refractivity (Wildman–Crippen MR) is 87.8 cm³/mol. The predicted octanol–water partition coefficient (Wildman–Crippen LogP) is 2.67. The van der Waals surface area contributed by atoms with Crippen LogP contribution in [-0.4, -0.2) is 24.6 Å². The van der Waals surface area contributed by atoms with E-state index in [1.165, 1.54) is 6.26 Å². The summed E-state index contributed by atoms with van der Waals surface area (Å²) in [4.78, 5) is 9.08. The van der Waals surface area contributed by atoms with Crippen LogP contribution < -0.4 is 5.32 Å². The van der Waals surface area contributed by atoms with Crippen LogP contribution >= 0.6 is 0 Å². The lowest BCUT2D eigenvalue weighted by Crippen LogP contribution is -2.06. The van der Waals surface area contributed by atoms with Crippen molar-refractivity contribution < 1.29 is 8.42 Å². The minimum atomic E-state index is -3.17. The highest BCUT2D eigenvalue weighted by molar-refractivity contribution is 7.90. The van der Waals surface area contributed by atoms with Crippen LogP contribution in [0.4, 0.5) is 5.82 Å². The molecule has 1 heterocycles. The van der Waals surface area contributed by atoms with Gasteiger partial charge >= 0.3 is 0 Å². The molecule has 22 heavy (non-hydrogen) atoms. The van der Waals surface area contributed by atoms with E-state index in [4.69, 9.17) is 0 Å². The van der Waals surface area contributed by atoms with Crippen molar-refractivity contribution in [3.05, 3.63) is 46.9 Å². The van der Waals surface area contributed by atoms with Crippen molar-refractivity contribution in [2.45, 2.75) is 38.6 Å². The quantitative estimate of drug-likeness (QED) is 0.917. The average Bonchev–Trinajstić information content (AvgIpc) is 2.43. The molecule has 0 aliphatic carbocycles. The lowest BCUT2D eigenvalue weighted by Gasteiger charge is -2.10. The molecule has 0 saturated heterocycles. The molecule has 1 aromatic carbocycles. The van der Waals surface area contributed by atoms with Gasteiger partial charge in [-0.2, -0.15) is 0 Å². The highest BCUT2D eigenvalue weighted by atomic mass is 32.2. The van der Waals surface area contributed by atoms with Crippen molar-refractivity contribution in [3.63, 3.8) is 0 Å². The third-order valence-electron chi connectivity index (χ3n) is 3.37. The lowest BCUT2D eigenvalue weighted by atomic mass is 10.1. The Kier molecular flexibility index (Phi) is 4.81. The number of rotatable bonds is 5. The van der Waals surface area contributed by atoms with Crippen LogP contribution in [0.25, 0.3) is 0 Å². The first-order valence-corrected chi connectivity index (χ1v) is 9.06. The molecule has 0 unspecified atom stereocenters. The minimum absolute atomic E-state index is 0.377. The van der Waals surface area contributed by atoms with E-state index >= 15 is 0 Å². The van der Waals surface area contributed by atoms with Crippen LogP contribution in [0.5, 0.6) is 0 Å². The van der Waals surface area contributed by atoms with E-state index < -0.39 is 9.84 Å². The fourth-order valence-corrected chi connectivity index (χ4v) is 3.29. The summed E-state index contributed by atoms with van der Waals surface area (Å²) in [5.41, 5.74) is 2.77. The molecule has 6 heteroatoms. The number of aromatic nitrogens is 2. The van der Waals surface area contributed by atoms with Gasteiger partial charge in [-0.1, -0.05) is 19.1 Å². The Hall–Kier alpha value is -1.95. The zero-order chi connectivity index (χ0) is 16.3. The Morgan fingerprint density at radius 2 is 1.86 bits per heavy atom. The summed E-state index contributed by atoms with van der Waals surface area (Å²) in [6.45, 7) is 6.32. The van der Waals surface area contributed by atoms with E-state index in [1.54, 1.807) is 6.07 Å². The molecule has 118 valence electrons. The monoisotopic (exact) mass is 319 g/mol. The highest BCUT2D eigenvalue weighted by Crippen LogP contribution is 2.17. The summed E-state index contributed by atoms with van der Waals surface area (Å²) >= 11 is 0. The maximum Gasteiger partial charge on any atom is 0.175 e. The van der Waals surface area contributed by atoms with E-state index in [0.717, 1.165) is 34.9 Å². The zero-order valence-electron chi connectivity index (χ0n) is 13.3. The van der Waals surface area contributed by atoms with Gasteiger partial charge in [0.25, 0.3) is 0 Å². The molecule has 2 aromatic rings. The fourth-order valence-electron chi connectivity index (χ4n) is 2.33. The number of hydrogen-bond acceptors (Lipinski definition) is 5. The van der Waals surface area contributed by atoms with Gasteiger partial charge in [-0.05, 0) is 37.5 Å². The minimum Gasteiger partial charge on any atom is -0.366 e. The molecule has 0 bridgehead atoms. The van der Waals surface area contributed by atoms with Crippen LogP contribution in [0.1, 0.15) is 29.6 Å². The molecule has 0 aliphatic heterocycles. The third-order valence-corrected chi connectivity index (χ3v) is 4.62. The SMILES string of the molecule is CCc1cc(NCc2ccc(S(C)(=O)=O)c(C)c2)nc(C)n1. The van der Waals surface area contributed by atoms with Crippen LogP contribution in [0.3, 0.4) is 0 Å². The van der Waals surface area contributed by atoms with Crippen molar-refractivity contribution in [1.82, 2.24) is 9.97 Å². The Balaban J connectivity index is 2.16. The van der Waals surface area contributed by atoms with Crippen molar-refractivity contribution >= 4 is 15.7 Å². The van der Waals surface area contributed by atoms with Crippen LogP contribution in [0, 0.1) is 13.8 Å². The summed E-state index contributed by atoms with van der Waals surface area (Å²) in [6, 6.07) is 7.30. The molecule has 0 amide bonds. The maximum atomic E-state index is 11.6. The van der Waals surface area contributed by atoms with Crippen LogP contribution in [-0.2, 0) is 22.8 Å². The number of anilines is 1. The van der Waals surface area contributed by atoms with Crippen molar-refractivity contribution in [2.24, 2.45) is 0 Å². The fraction of sp³-hybridized carbons (Fsp3) is 0.375. The Morgan fingerprint density at radius 1 is 1.14 bits per heavy atom. The molecule has 0 fully saturated rings. The molecule has 0 spiro atoms. The average molecular weight is 319 g/mol. The third kappa shape index (κ3) is 4.04. The molecule has 0 saturated carbocycles. The molecular weight excluding hydrogens is 298 g/mol. The molecule has 2 rings (SSSR count). The van der Waals surface area contributed by atoms with E-state index in [0.29, 0.717) is 11.4 Å². The van der Waals surface area contributed by atoms with E-state index in [1.807, 2.05) is 32.0 Å². The number of sulfone groups is 1. The van der Waals surface area contributed by atoms with Crippen molar-refractivity contribution in [2.75, 3.05) is 11.6 Å². The summed E-state index contributed by atoms with van der Waals surface area (Å²) in [6.07, 6.45) is 2.09. The Bertz CT molecular complexity index is 786. The van der Waals surface area contributed by atoms with E-state index in [2.05, 4.69) is 22.2 Å². The van der Waals surface area contributed by atoms with Gasteiger partial charge in [0.1, 0.15) is 11.6 Å². The molecule has 1 aromatic heterocycles. The van der Waals surface area contributed by atoms with E-state index in [9.17, 15) is 8.42 Å². The van der Waals surface area contributed by atoms with Crippen LogP contribution in [0.2, 0.25) is 0 Å². The molecule has 5 nitrogen and oxygen atoms in total. The molecule has 0 radical (unpaired) electrons. The van der Waals surface area contributed by atoms with Crippen molar-refractivity contribution in [3.8, 4) is 0 Å². The van der Waals surface area contributed by atoms with Gasteiger partial charge < -0.3 is 5.32 Å². The van der Waals surface area contributed by atoms with Gasteiger partial charge in [0.05, 0.1) is 4.90 Å². The summed E-state index contributed by atoms with van der Waals surface area (Å²) < 4.78 is 23.2. The topological polar surface area (TPSA) is 72.0 Å². The van der Waals surface area contributed by atoms with Gasteiger partial charge in [0.15, 0.2) is 9.84 Å². The number of nitrogens with one attached hydrogen (secondary N) is 1. The Labute approximate surface area is 131 Å². The van der Waals surface area contributed by atoms with Gasteiger partial charge in [-0.3, -0.25) is 0 Å². The number of aryl methyl sites for hydroxylation is 3. The normalized spacial score (nSPS) is 11.5. The second kappa shape index (κ2) is 6.44. The Morgan fingerprint density at radius 3 is 2.45 bits per heavy atom. The standard InChI is InChI=1S/C16H21N3O2S/c1-5-14-9-16(19-12(3)18-14)17-10-13-6-7-15(11(2)8-13)22(4,20)21/h6-9H,5,10H2,1-4H3,(H,17,18,19). The van der Waals surface area contributed by atoms with Crippen LogP contribution in [0.15, 0.2) is 29.2 Å². The zero-order valence-corrected chi connectivity index (χ0v) is 14.2. The molecule has 0 aliphatic rings. The van der Waals surface area contributed by atoms with Gasteiger partial charge in [0.2, 0.25) is 0 Å². The number of benzene rings is 1. The lowest BCUT2D eigenvalue weighted by molar-refractivity contribution is 0.601. The smallest absolute Gasteiger partial charge is 0.175 e. The number of nitrogens with zero attached hydrogens (tertiary/aromatic N) is 2. The van der Waals surface area contributed by atoms with E-state index in [-0.39, 0.29) is 0 Å². The molecule has 0 atom stereocenters. The van der Waals surface area contributed by atoms with Crippen molar-refractivity contribution in [1.29, 1.82) is 0 Å². The van der Waals surface area contributed by atoms with Gasteiger partial charge in [0, 0.05) is 24.6 Å². The second-order valence-corrected chi connectivity index (χ2v) is 7.36. The number of hydrogen-bond donors (Lipinski definition) is 1. The second-order valence-electron chi connectivity index (χ2n) is 5.37.